The van der Waals surface area contributed by atoms with E-state index in [1.165, 1.54) is 0 Å². The molecular formula is C16H21Cl2N3O2. The maximum absolute atomic E-state index is 10.1. The first kappa shape index (κ1) is 17.0. The van der Waals surface area contributed by atoms with Gasteiger partial charge in [-0.2, -0.15) is 0 Å². The Kier molecular flexibility index (Phi) is 5.44. The van der Waals surface area contributed by atoms with Gasteiger partial charge in [0.2, 0.25) is 0 Å². The van der Waals surface area contributed by atoms with Crippen LogP contribution in [0.3, 0.4) is 0 Å². The lowest BCUT2D eigenvalue weighted by atomic mass is 9.96. The van der Waals surface area contributed by atoms with Gasteiger partial charge in [0.1, 0.15) is 0 Å². The SMILES string of the molecule is COC(C[C@H]1NCCC[C@@H]1O)Cn1cnc2cc(Cl)c(Cl)cc21. The number of piperidine rings is 1. The van der Waals surface area contributed by atoms with Crippen LogP contribution in [0, 0.1) is 0 Å². The Bertz CT molecular complexity index is 677. The molecule has 0 radical (unpaired) electrons. The number of nitrogens with zero attached hydrogens (tertiary/aromatic N) is 2. The average molecular weight is 358 g/mol. The van der Waals surface area contributed by atoms with Crippen LogP contribution in [0.5, 0.6) is 0 Å². The van der Waals surface area contributed by atoms with Crippen molar-refractivity contribution >= 4 is 34.2 Å². The number of halogens is 2. The maximum Gasteiger partial charge on any atom is 0.0959 e. The Morgan fingerprint density at radius 1 is 1.43 bits per heavy atom. The number of hydrogen-bond acceptors (Lipinski definition) is 4. The number of aromatic nitrogens is 2. The van der Waals surface area contributed by atoms with Gasteiger partial charge in [0.15, 0.2) is 0 Å². The van der Waals surface area contributed by atoms with Crippen molar-refractivity contribution in [1.82, 2.24) is 14.9 Å². The molecule has 5 nitrogen and oxygen atoms in total. The number of nitrogens with one attached hydrogen (secondary N) is 1. The molecule has 1 unspecified atom stereocenters. The summed E-state index contributed by atoms with van der Waals surface area (Å²) >= 11 is 12.1. The first-order chi connectivity index (χ1) is 11.1. The van der Waals surface area contributed by atoms with E-state index < -0.39 is 0 Å². The molecule has 1 aliphatic heterocycles. The van der Waals surface area contributed by atoms with Crippen LogP contribution < -0.4 is 5.32 Å². The molecule has 0 bridgehead atoms. The van der Waals surface area contributed by atoms with E-state index in [0.717, 1.165) is 36.8 Å². The quantitative estimate of drug-likeness (QED) is 0.863. The van der Waals surface area contributed by atoms with Gasteiger partial charge in [-0.05, 0) is 37.9 Å². The molecule has 1 aromatic heterocycles. The lowest BCUT2D eigenvalue weighted by molar-refractivity contribution is 0.0316. The lowest BCUT2D eigenvalue weighted by Gasteiger charge is -2.31. The molecule has 7 heteroatoms. The van der Waals surface area contributed by atoms with E-state index in [0.29, 0.717) is 16.6 Å². The van der Waals surface area contributed by atoms with Crippen molar-refractivity contribution in [2.45, 2.75) is 44.1 Å². The predicted molar refractivity (Wildman–Crippen MR) is 92.2 cm³/mol. The third-order valence-corrected chi connectivity index (χ3v) is 5.18. The summed E-state index contributed by atoms with van der Waals surface area (Å²) in [6, 6.07) is 3.66. The van der Waals surface area contributed by atoms with Crippen LogP contribution in [-0.4, -0.2) is 46.6 Å². The topological polar surface area (TPSA) is 59.3 Å². The molecule has 23 heavy (non-hydrogen) atoms. The van der Waals surface area contributed by atoms with E-state index in [9.17, 15) is 5.11 Å². The van der Waals surface area contributed by atoms with Crippen molar-refractivity contribution < 1.29 is 9.84 Å². The molecule has 2 aromatic rings. The van der Waals surface area contributed by atoms with E-state index in [1.54, 1.807) is 19.5 Å². The van der Waals surface area contributed by atoms with Gasteiger partial charge in [-0.15, -0.1) is 0 Å². The third-order valence-electron chi connectivity index (χ3n) is 4.46. The Morgan fingerprint density at radius 2 is 2.22 bits per heavy atom. The smallest absolute Gasteiger partial charge is 0.0959 e. The summed E-state index contributed by atoms with van der Waals surface area (Å²) in [5, 5.41) is 14.5. The summed E-state index contributed by atoms with van der Waals surface area (Å²) < 4.78 is 7.63. The van der Waals surface area contributed by atoms with Crippen LogP contribution in [0.15, 0.2) is 18.5 Å². The number of hydrogen-bond donors (Lipinski definition) is 2. The van der Waals surface area contributed by atoms with Gasteiger partial charge in [-0.25, -0.2) is 4.98 Å². The number of ether oxygens (including phenoxy) is 1. The Morgan fingerprint density at radius 3 is 2.96 bits per heavy atom. The summed E-state index contributed by atoms with van der Waals surface area (Å²) in [7, 11) is 1.70. The highest BCUT2D eigenvalue weighted by atomic mass is 35.5. The predicted octanol–water partition coefficient (Wildman–Crippen LogP) is 2.86. The second-order valence-electron chi connectivity index (χ2n) is 6.02. The Hall–Kier alpha value is -0.850. The number of aliphatic hydroxyl groups is 1. The van der Waals surface area contributed by atoms with E-state index in [4.69, 9.17) is 27.9 Å². The van der Waals surface area contributed by atoms with Gasteiger partial charge in [0.05, 0.1) is 46.2 Å². The van der Waals surface area contributed by atoms with E-state index in [-0.39, 0.29) is 18.2 Å². The first-order valence-corrected chi connectivity index (χ1v) is 8.58. The fourth-order valence-corrected chi connectivity index (χ4v) is 3.44. The van der Waals surface area contributed by atoms with Crippen molar-refractivity contribution in [3.05, 3.63) is 28.5 Å². The molecule has 1 aliphatic rings. The molecule has 126 valence electrons. The minimum absolute atomic E-state index is 0.0212. The zero-order valence-electron chi connectivity index (χ0n) is 13.0. The van der Waals surface area contributed by atoms with Crippen LogP contribution in [0.1, 0.15) is 19.3 Å². The summed E-state index contributed by atoms with van der Waals surface area (Å²) in [5.74, 6) is 0. The van der Waals surface area contributed by atoms with Crippen molar-refractivity contribution in [1.29, 1.82) is 0 Å². The van der Waals surface area contributed by atoms with E-state index >= 15 is 0 Å². The van der Waals surface area contributed by atoms with Crippen LogP contribution in [0.4, 0.5) is 0 Å². The van der Waals surface area contributed by atoms with Crippen LogP contribution in [0.2, 0.25) is 10.0 Å². The Balaban J connectivity index is 1.75. The molecule has 0 saturated carbocycles. The van der Waals surface area contributed by atoms with Gasteiger partial charge in [-0.1, -0.05) is 23.2 Å². The summed E-state index contributed by atoms with van der Waals surface area (Å²) in [6.07, 6.45) is 4.05. The minimum atomic E-state index is -0.311. The standard InChI is InChI=1S/C16H21Cl2N3O2/c1-23-10(5-14-16(22)3-2-4-19-14)8-21-9-20-13-6-11(17)12(18)7-15(13)21/h6-7,9-10,14,16,19,22H,2-5,8H2,1H3/t10?,14-,16+/m1/s1. The molecule has 3 atom stereocenters. The molecule has 0 aliphatic carbocycles. The number of imidazole rings is 1. The number of benzene rings is 1. The fourth-order valence-electron chi connectivity index (χ4n) is 3.12. The van der Waals surface area contributed by atoms with Gasteiger partial charge < -0.3 is 19.7 Å². The molecule has 0 spiro atoms. The number of methoxy groups -OCH3 is 1. The van der Waals surface area contributed by atoms with Crippen molar-refractivity contribution in [3.8, 4) is 0 Å². The summed E-state index contributed by atoms with van der Waals surface area (Å²) in [5.41, 5.74) is 1.74. The van der Waals surface area contributed by atoms with Gasteiger partial charge >= 0.3 is 0 Å². The average Bonchev–Trinajstić information content (AvgIpc) is 2.91. The van der Waals surface area contributed by atoms with Crippen molar-refractivity contribution in [2.24, 2.45) is 0 Å². The highest BCUT2D eigenvalue weighted by molar-refractivity contribution is 6.42. The van der Waals surface area contributed by atoms with Gasteiger partial charge in [0, 0.05) is 13.2 Å². The third kappa shape index (κ3) is 3.80. The van der Waals surface area contributed by atoms with E-state index in [2.05, 4.69) is 10.3 Å². The fraction of sp³-hybridized carbons (Fsp3) is 0.562. The second kappa shape index (κ2) is 7.36. The van der Waals surface area contributed by atoms with Crippen molar-refractivity contribution in [3.63, 3.8) is 0 Å². The van der Waals surface area contributed by atoms with Crippen LogP contribution in [-0.2, 0) is 11.3 Å². The summed E-state index contributed by atoms with van der Waals surface area (Å²) in [6.45, 7) is 1.59. The van der Waals surface area contributed by atoms with Crippen LogP contribution in [0.25, 0.3) is 11.0 Å². The molecule has 0 amide bonds. The maximum atomic E-state index is 10.1. The van der Waals surface area contributed by atoms with Crippen LogP contribution >= 0.6 is 23.2 Å². The molecule has 1 aromatic carbocycles. The minimum Gasteiger partial charge on any atom is -0.392 e. The van der Waals surface area contributed by atoms with Gasteiger partial charge in [0.25, 0.3) is 0 Å². The molecular weight excluding hydrogens is 337 g/mol. The highest BCUT2D eigenvalue weighted by Crippen LogP contribution is 2.27. The van der Waals surface area contributed by atoms with Gasteiger partial charge in [-0.3, -0.25) is 0 Å². The zero-order valence-corrected chi connectivity index (χ0v) is 14.5. The first-order valence-electron chi connectivity index (χ1n) is 7.82. The Labute approximate surface area is 145 Å². The largest absolute Gasteiger partial charge is 0.392 e. The second-order valence-corrected chi connectivity index (χ2v) is 6.83. The number of aliphatic hydroxyl groups excluding tert-OH is 1. The normalized spacial score (nSPS) is 23.3. The molecule has 1 fully saturated rings. The lowest BCUT2D eigenvalue weighted by Crippen LogP contribution is -2.47. The van der Waals surface area contributed by atoms with E-state index in [1.807, 2.05) is 10.6 Å². The number of rotatable bonds is 5. The van der Waals surface area contributed by atoms with Crippen molar-refractivity contribution in [2.75, 3.05) is 13.7 Å². The monoisotopic (exact) mass is 357 g/mol. The molecule has 2 N–H and O–H groups in total. The molecule has 2 heterocycles. The highest BCUT2D eigenvalue weighted by Gasteiger charge is 2.26. The number of fused-ring (bicyclic) bond motifs is 1. The summed E-state index contributed by atoms with van der Waals surface area (Å²) in [4.78, 5) is 4.37. The zero-order chi connectivity index (χ0) is 16.4. The molecule has 3 rings (SSSR count). The molecule has 1 saturated heterocycles.